The maximum Gasteiger partial charge on any atom is 0.422 e. The van der Waals surface area contributed by atoms with E-state index in [0.717, 1.165) is 22.0 Å². The molecule has 0 bridgehead atoms. The lowest BCUT2D eigenvalue weighted by atomic mass is 10.1. The molecular formula is C15H22N2O5. The van der Waals surface area contributed by atoms with Gasteiger partial charge in [0.1, 0.15) is 6.23 Å². The van der Waals surface area contributed by atoms with Gasteiger partial charge in [0.25, 0.3) is 5.56 Å². The minimum absolute atomic E-state index is 0.158. The van der Waals surface area contributed by atoms with E-state index in [1.165, 1.54) is 0 Å². The fraction of sp³-hybridized carbons (Fsp3) is 0.667. The van der Waals surface area contributed by atoms with Gasteiger partial charge in [-0.1, -0.05) is 6.92 Å². The maximum atomic E-state index is 12.6. The summed E-state index contributed by atoms with van der Waals surface area (Å²) in [6.45, 7) is 5.73. The van der Waals surface area contributed by atoms with Crippen LogP contribution in [0.1, 0.15) is 50.6 Å². The summed E-state index contributed by atoms with van der Waals surface area (Å²) in [6.07, 6.45) is 1.43. The van der Waals surface area contributed by atoms with Crippen LogP contribution in [0.15, 0.2) is 9.59 Å². The molecule has 1 aliphatic rings. The van der Waals surface area contributed by atoms with Gasteiger partial charge in [-0.15, -0.1) is 0 Å². The molecule has 0 saturated carbocycles. The van der Waals surface area contributed by atoms with E-state index in [-0.39, 0.29) is 12.2 Å². The highest BCUT2D eigenvalue weighted by Gasteiger charge is 2.26. The van der Waals surface area contributed by atoms with Crippen molar-refractivity contribution in [3.05, 3.63) is 32.1 Å². The second-order valence-electron chi connectivity index (χ2n) is 5.23. The van der Waals surface area contributed by atoms with E-state index in [4.69, 9.17) is 9.47 Å². The molecule has 1 unspecified atom stereocenters. The van der Waals surface area contributed by atoms with Crippen LogP contribution in [0.4, 0.5) is 4.79 Å². The van der Waals surface area contributed by atoms with E-state index in [0.29, 0.717) is 30.7 Å². The molecule has 2 rings (SSSR count). The predicted molar refractivity (Wildman–Crippen MR) is 80.3 cm³/mol. The molecular weight excluding hydrogens is 288 g/mol. The SMILES string of the molecule is CCOC(=O)n1c(C)c(CC)c(=O)n(C2CCCCO2)c1=O. The van der Waals surface area contributed by atoms with Crippen LogP contribution in [0.5, 0.6) is 0 Å². The van der Waals surface area contributed by atoms with Crippen LogP contribution in [0.3, 0.4) is 0 Å². The molecule has 1 saturated heterocycles. The van der Waals surface area contributed by atoms with Crippen LogP contribution in [-0.4, -0.2) is 28.4 Å². The van der Waals surface area contributed by atoms with Crippen LogP contribution in [0, 0.1) is 6.92 Å². The van der Waals surface area contributed by atoms with Gasteiger partial charge in [0.05, 0.1) is 6.61 Å². The zero-order chi connectivity index (χ0) is 16.3. The maximum absolute atomic E-state index is 12.6. The average molecular weight is 310 g/mol. The molecule has 0 amide bonds. The van der Waals surface area contributed by atoms with Crippen LogP contribution < -0.4 is 11.2 Å². The Morgan fingerprint density at radius 2 is 2.05 bits per heavy atom. The number of carbonyl (C=O) groups excluding carboxylic acids is 1. The third kappa shape index (κ3) is 2.85. The Morgan fingerprint density at radius 3 is 2.59 bits per heavy atom. The van der Waals surface area contributed by atoms with Crippen molar-refractivity contribution < 1.29 is 14.3 Å². The number of hydrogen-bond acceptors (Lipinski definition) is 5. The Hall–Kier alpha value is -1.89. The van der Waals surface area contributed by atoms with Crippen LogP contribution in [0.25, 0.3) is 0 Å². The topological polar surface area (TPSA) is 79.5 Å². The Bertz CT molecular complexity index is 668. The third-order valence-corrected chi connectivity index (χ3v) is 3.89. The largest absolute Gasteiger partial charge is 0.449 e. The first-order valence-corrected chi connectivity index (χ1v) is 7.68. The summed E-state index contributed by atoms with van der Waals surface area (Å²) in [5.74, 6) is 0. The first-order chi connectivity index (χ1) is 10.5. The summed E-state index contributed by atoms with van der Waals surface area (Å²) in [6, 6.07) is 0. The van der Waals surface area contributed by atoms with E-state index in [1.807, 2.05) is 6.92 Å². The van der Waals surface area contributed by atoms with Crippen molar-refractivity contribution in [1.29, 1.82) is 0 Å². The minimum atomic E-state index is -0.760. The van der Waals surface area contributed by atoms with E-state index in [2.05, 4.69) is 0 Å². The van der Waals surface area contributed by atoms with Crippen molar-refractivity contribution in [2.45, 2.75) is 52.7 Å². The summed E-state index contributed by atoms with van der Waals surface area (Å²) in [5.41, 5.74) is -0.299. The highest BCUT2D eigenvalue weighted by atomic mass is 16.5. The zero-order valence-electron chi connectivity index (χ0n) is 13.3. The fourth-order valence-electron chi connectivity index (χ4n) is 2.76. The molecule has 1 aliphatic heterocycles. The number of nitrogens with zero attached hydrogens (tertiary/aromatic N) is 2. The monoisotopic (exact) mass is 310 g/mol. The van der Waals surface area contributed by atoms with Gasteiger partial charge in [-0.05, 0) is 39.5 Å². The first kappa shape index (κ1) is 16.5. The van der Waals surface area contributed by atoms with E-state index in [1.54, 1.807) is 13.8 Å². The quantitative estimate of drug-likeness (QED) is 0.847. The lowest BCUT2D eigenvalue weighted by Crippen LogP contribution is -2.48. The van der Waals surface area contributed by atoms with Crippen LogP contribution in [-0.2, 0) is 15.9 Å². The highest BCUT2D eigenvalue weighted by molar-refractivity contribution is 5.71. The summed E-state index contributed by atoms with van der Waals surface area (Å²) >= 11 is 0. The van der Waals surface area contributed by atoms with Crippen molar-refractivity contribution in [3.63, 3.8) is 0 Å². The average Bonchev–Trinajstić information content (AvgIpc) is 2.49. The summed E-state index contributed by atoms with van der Waals surface area (Å²) < 4.78 is 12.5. The van der Waals surface area contributed by atoms with Gasteiger partial charge in [-0.2, -0.15) is 0 Å². The van der Waals surface area contributed by atoms with Gasteiger partial charge in [0.2, 0.25) is 0 Å². The standard InChI is InChI=1S/C15H22N2O5/c1-4-11-10(3)16(15(20)21-5-2)14(19)17(13(11)18)12-8-6-7-9-22-12/h12H,4-9H2,1-3H3. The minimum Gasteiger partial charge on any atom is -0.449 e. The number of aromatic nitrogens is 2. The lowest BCUT2D eigenvalue weighted by Gasteiger charge is -2.25. The fourth-order valence-corrected chi connectivity index (χ4v) is 2.76. The molecule has 1 aromatic rings. The van der Waals surface area contributed by atoms with Gasteiger partial charge < -0.3 is 9.47 Å². The smallest absolute Gasteiger partial charge is 0.422 e. The molecule has 22 heavy (non-hydrogen) atoms. The number of hydrogen-bond donors (Lipinski definition) is 0. The molecule has 122 valence electrons. The van der Waals surface area contributed by atoms with E-state index in [9.17, 15) is 14.4 Å². The second-order valence-corrected chi connectivity index (χ2v) is 5.23. The molecule has 7 heteroatoms. The molecule has 0 radical (unpaired) electrons. The molecule has 0 spiro atoms. The van der Waals surface area contributed by atoms with Gasteiger partial charge in [0, 0.05) is 17.9 Å². The van der Waals surface area contributed by atoms with Crippen LogP contribution in [0.2, 0.25) is 0 Å². The predicted octanol–water partition coefficient (Wildman–Crippen LogP) is 1.58. The molecule has 1 aromatic heterocycles. The molecule has 1 fully saturated rings. The number of rotatable bonds is 3. The number of ether oxygens (including phenoxy) is 2. The van der Waals surface area contributed by atoms with Crippen molar-refractivity contribution in [1.82, 2.24) is 9.13 Å². The Morgan fingerprint density at radius 1 is 1.32 bits per heavy atom. The molecule has 0 aliphatic carbocycles. The second kappa shape index (κ2) is 6.91. The highest BCUT2D eigenvalue weighted by Crippen LogP contribution is 2.20. The molecule has 7 nitrogen and oxygen atoms in total. The summed E-state index contributed by atoms with van der Waals surface area (Å²) in [7, 11) is 0. The Kier molecular flexibility index (Phi) is 5.18. The number of carbonyl (C=O) groups is 1. The summed E-state index contributed by atoms with van der Waals surface area (Å²) in [5, 5.41) is 0. The van der Waals surface area contributed by atoms with Gasteiger partial charge in [-0.3, -0.25) is 4.79 Å². The first-order valence-electron chi connectivity index (χ1n) is 7.68. The van der Waals surface area contributed by atoms with E-state index < -0.39 is 18.0 Å². The van der Waals surface area contributed by atoms with Crippen molar-refractivity contribution in [3.8, 4) is 0 Å². The van der Waals surface area contributed by atoms with Crippen molar-refractivity contribution in [2.75, 3.05) is 13.2 Å². The van der Waals surface area contributed by atoms with E-state index >= 15 is 0 Å². The molecule has 2 heterocycles. The Balaban J connectivity index is 2.67. The van der Waals surface area contributed by atoms with Gasteiger partial charge >= 0.3 is 11.8 Å². The molecule has 1 atom stereocenters. The van der Waals surface area contributed by atoms with Crippen molar-refractivity contribution >= 4 is 6.09 Å². The van der Waals surface area contributed by atoms with Crippen molar-refractivity contribution in [2.24, 2.45) is 0 Å². The Labute approximate surface area is 128 Å². The van der Waals surface area contributed by atoms with Crippen LogP contribution >= 0.6 is 0 Å². The summed E-state index contributed by atoms with van der Waals surface area (Å²) in [4.78, 5) is 37.3. The lowest BCUT2D eigenvalue weighted by molar-refractivity contribution is -0.0375. The van der Waals surface area contributed by atoms with Gasteiger partial charge in [-0.25, -0.2) is 18.7 Å². The molecule has 0 aromatic carbocycles. The van der Waals surface area contributed by atoms with Gasteiger partial charge in [0.15, 0.2) is 0 Å². The molecule has 0 N–H and O–H groups in total. The third-order valence-electron chi connectivity index (χ3n) is 3.89. The zero-order valence-corrected chi connectivity index (χ0v) is 13.3. The normalized spacial score (nSPS) is 18.2.